The predicted molar refractivity (Wildman–Crippen MR) is 224 cm³/mol. The van der Waals surface area contributed by atoms with Gasteiger partial charge in [0.25, 0.3) is 0 Å². The molecule has 0 saturated carbocycles. The number of hydrogen-bond donors (Lipinski definition) is 1. The fraction of sp³-hybridized carbons (Fsp3) is 0.818. The number of aromatic nitrogens is 2. The number of aryl methyl sites for hydroxylation is 2. The number of carbonyl (C=O) groups excluding carboxylic acids is 3. The average molecular weight is 765 g/mol. The van der Waals surface area contributed by atoms with Crippen molar-refractivity contribution in [3.8, 4) is 0 Å². The van der Waals surface area contributed by atoms with Crippen molar-refractivity contribution >= 4 is 17.5 Å². The fourth-order valence-electron chi connectivity index (χ4n) is 7.26. The van der Waals surface area contributed by atoms with Crippen LogP contribution in [0, 0.1) is 30.1 Å². The Labute approximate surface area is 331 Å². The largest absolute Gasteiger partial charge is 0.388 e. The van der Waals surface area contributed by atoms with Crippen molar-refractivity contribution in [2.45, 2.75) is 178 Å². The monoisotopic (exact) mass is 765 g/mol. The Balaban J connectivity index is 0. The van der Waals surface area contributed by atoms with Gasteiger partial charge in [-0.25, -0.2) is 4.98 Å². The van der Waals surface area contributed by atoms with Crippen molar-refractivity contribution in [2.75, 3.05) is 34.9 Å². The van der Waals surface area contributed by atoms with Gasteiger partial charge in [-0.1, -0.05) is 80.9 Å². The number of aliphatic hydroxyl groups excluding tert-OH is 1. The molecule has 0 bridgehead atoms. The third kappa shape index (κ3) is 19.0. The van der Waals surface area contributed by atoms with Crippen LogP contribution >= 0.6 is 0 Å². The van der Waals surface area contributed by atoms with Gasteiger partial charge < -0.3 is 28.9 Å². The van der Waals surface area contributed by atoms with Gasteiger partial charge in [0.2, 0.25) is 5.91 Å². The molecule has 3 rings (SSSR count). The molecule has 0 aliphatic carbocycles. The van der Waals surface area contributed by atoms with Crippen molar-refractivity contribution in [1.29, 1.82) is 0 Å². The minimum absolute atomic E-state index is 0.0342. The Bertz CT molecular complexity index is 1180. The highest BCUT2D eigenvalue weighted by atomic mass is 16.6. The van der Waals surface area contributed by atoms with Crippen LogP contribution in [0.3, 0.4) is 0 Å². The molecular weight excluding hydrogens is 681 g/mol. The highest BCUT2D eigenvalue weighted by molar-refractivity contribution is 5.85. The van der Waals surface area contributed by atoms with Crippen LogP contribution in [0.5, 0.6) is 0 Å². The van der Waals surface area contributed by atoms with E-state index in [1.807, 2.05) is 86.9 Å². The molecule has 2 aliphatic heterocycles. The van der Waals surface area contributed by atoms with Crippen LogP contribution in [0.1, 0.15) is 146 Å². The first kappa shape index (κ1) is 53.7. The normalized spacial score (nSPS) is 23.6. The molecule has 0 spiro atoms. The van der Waals surface area contributed by atoms with E-state index in [9.17, 15) is 19.5 Å². The number of aliphatic hydroxyl groups is 1. The molecule has 2 fully saturated rings. The molecule has 3 heterocycles. The zero-order valence-corrected chi connectivity index (χ0v) is 37.7. The number of hydrogen-bond acceptors (Lipinski definition) is 8. The van der Waals surface area contributed by atoms with Crippen LogP contribution in [0.25, 0.3) is 0 Å². The van der Waals surface area contributed by atoms with E-state index < -0.39 is 6.29 Å². The van der Waals surface area contributed by atoms with Gasteiger partial charge in [0.05, 0.1) is 18.1 Å². The Hall–Kier alpha value is -2.40. The molecule has 10 heteroatoms. The maximum Gasteiger partial charge on any atom is 0.223 e. The number of amides is 1. The minimum atomic E-state index is -0.564. The Morgan fingerprint density at radius 2 is 1.65 bits per heavy atom. The second-order valence-corrected chi connectivity index (χ2v) is 15.4. The number of rotatable bonds is 17. The lowest BCUT2D eigenvalue weighted by molar-refractivity contribution is -0.172. The van der Waals surface area contributed by atoms with Gasteiger partial charge in [-0.05, 0) is 84.7 Å². The summed E-state index contributed by atoms with van der Waals surface area (Å²) in [4.78, 5) is 46.4. The smallest absolute Gasteiger partial charge is 0.223 e. The number of methoxy groups -OCH3 is 1. The Kier molecular flexibility index (Phi) is 28.8. The van der Waals surface area contributed by atoms with E-state index in [1.54, 1.807) is 21.1 Å². The summed E-state index contributed by atoms with van der Waals surface area (Å²) in [6.07, 6.45) is 11.8. The summed E-state index contributed by atoms with van der Waals surface area (Å²) < 4.78 is 11.5. The molecule has 10 nitrogen and oxygen atoms in total. The molecule has 1 aromatic heterocycles. The molecule has 54 heavy (non-hydrogen) atoms. The molecule has 0 aromatic carbocycles. The van der Waals surface area contributed by atoms with Crippen molar-refractivity contribution < 1.29 is 29.0 Å². The first-order valence-electron chi connectivity index (χ1n) is 20.8. The lowest BCUT2D eigenvalue weighted by Gasteiger charge is -2.38. The van der Waals surface area contributed by atoms with Crippen LogP contribution in [0.2, 0.25) is 0 Å². The summed E-state index contributed by atoms with van der Waals surface area (Å²) >= 11 is 0. The van der Waals surface area contributed by atoms with E-state index in [1.165, 1.54) is 0 Å². The van der Waals surface area contributed by atoms with E-state index in [2.05, 4.69) is 46.5 Å². The molecule has 2 aliphatic rings. The second-order valence-electron chi connectivity index (χ2n) is 15.4. The fourth-order valence-corrected chi connectivity index (χ4v) is 7.26. The number of Topliss-reactive ketones (excluding diaryl/α,β-unsaturated/α-hetero) is 2. The molecule has 1 amide bonds. The number of likely N-dealkylation sites (tertiary alicyclic amines) is 1. The lowest BCUT2D eigenvalue weighted by atomic mass is 9.73. The van der Waals surface area contributed by atoms with Gasteiger partial charge in [0.1, 0.15) is 11.6 Å². The first-order chi connectivity index (χ1) is 25.4. The summed E-state index contributed by atoms with van der Waals surface area (Å²) in [5.41, 5.74) is 1.84. The molecule has 1 aromatic rings. The van der Waals surface area contributed by atoms with Crippen molar-refractivity contribution in [2.24, 2.45) is 23.2 Å². The number of unbranched alkanes of at least 4 members (excludes halogenated alkanes) is 2. The quantitative estimate of drug-likeness (QED) is 0.124. The molecule has 8 atom stereocenters. The van der Waals surface area contributed by atoms with Crippen LogP contribution in [-0.4, -0.2) is 101 Å². The molecular formula is C44H84N4O6. The zero-order valence-electron chi connectivity index (χ0n) is 37.7. The summed E-state index contributed by atoms with van der Waals surface area (Å²) in [5, 5.41) is 9.25. The van der Waals surface area contributed by atoms with Crippen molar-refractivity contribution in [3.63, 3.8) is 0 Å². The summed E-state index contributed by atoms with van der Waals surface area (Å²) in [7, 11) is 7.32. The average Bonchev–Trinajstić information content (AvgIpc) is 3.67. The molecule has 0 radical (unpaired) electrons. The molecule has 2 saturated heterocycles. The number of nitrogens with zero attached hydrogens (tertiary/aromatic N) is 4. The van der Waals surface area contributed by atoms with Gasteiger partial charge >= 0.3 is 0 Å². The number of ketones is 2. The van der Waals surface area contributed by atoms with E-state index in [4.69, 9.17) is 4.74 Å². The number of imidazole rings is 1. The molecule has 1 N–H and O–H groups in total. The van der Waals surface area contributed by atoms with Gasteiger partial charge in [0, 0.05) is 76.7 Å². The van der Waals surface area contributed by atoms with Crippen LogP contribution in [-0.2, 0) is 30.4 Å². The number of allylic oxidation sites excluding steroid dienone is 1. The summed E-state index contributed by atoms with van der Waals surface area (Å²) in [6, 6.07) is 0.432. The maximum atomic E-state index is 13.3. The Morgan fingerprint density at radius 1 is 1.07 bits per heavy atom. The van der Waals surface area contributed by atoms with E-state index in [0.717, 1.165) is 69.2 Å². The predicted octanol–water partition coefficient (Wildman–Crippen LogP) is 8.92. The summed E-state index contributed by atoms with van der Waals surface area (Å²) in [6.45, 7) is 29.7. The third-order valence-electron chi connectivity index (χ3n) is 10.8. The maximum absolute atomic E-state index is 13.3. The SMILES string of the molecule is C=C(C(C)C(C)=O)[C@H](C)CCCCC(=O)C(C)C1N(CCCCn2cnc(C)c2)C(=O)CC1(C)CC.CC.CC.CC1CC(N(C)C)CC(O)O1.COC. The van der Waals surface area contributed by atoms with Crippen molar-refractivity contribution in [1.82, 2.24) is 19.4 Å². The minimum Gasteiger partial charge on any atom is -0.388 e. The first-order valence-corrected chi connectivity index (χ1v) is 20.8. The second kappa shape index (κ2) is 28.9. The van der Waals surface area contributed by atoms with Gasteiger partial charge in [-0.15, -0.1) is 0 Å². The van der Waals surface area contributed by atoms with E-state index in [0.29, 0.717) is 25.4 Å². The third-order valence-corrected chi connectivity index (χ3v) is 10.8. The van der Waals surface area contributed by atoms with Gasteiger partial charge in [-0.2, -0.15) is 0 Å². The Morgan fingerprint density at radius 3 is 2.13 bits per heavy atom. The molecule has 7 unspecified atom stereocenters. The van der Waals surface area contributed by atoms with Crippen LogP contribution in [0.15, 0.2) is 24.7 Å². The summed E-state index contributed by atoms with van der Waals surface area (Å²) in [5.74, 6) is 0.605. The van der Waals surface area contributed by atoms with Gasteiger partial charge in [0.15, 0.2) is 6.29 Å². The van der Waals surface area contributed by atoms with Gasteiger partial charge in [-0.3, -0.25) is 14.4 Å². The van der Waals surface area contributed by atoms with Crippen LogP contribution in [0.4, 0.5) is 0 Å². The van der Waals surface area contributed by atoms with Crippen molar-refractivity contribution in [3.05, 3.63) is 30.4 Å². The lowest BCUT2D eigenvalue weighted by Crippen LogP contribution is -2.46. The zero-order chi connectivity index (χ0) is 42.2. The highest BCUT2D eigenvalue weighted by Crippen LogP contribution is 2.44. The van der Waals surface area contributed by atoms with E-state index in [-0.39, 0.29) is 52.8 Å². The topological polar surface area (TPSA) is 114 Å². The molecule has 316 valence electrons. The van der Waals surface area contributed by atoms with E-state index >= 15 is 0 Å². The van der Waals surface area contributed by atoms with Crippen LogP contribution < -0.4 is 0 Å². The standard InChI is InChI=1S/C30H49N3O3.C8H17NO2.C2H6O.2C2H6/c1-9-30(8)18-28(36)33(17-13-12-16-32-19-22(3)31-20-32)29(30)25(6)27(35)15-11-10-14-21(2)23(4)24(5)26(7)34;1-6-4-7(9(2)3)5-8(10)11-6;1-3-2;2*1-2/h19-21,24-25,29H,4,9-18H2,1-3,5-8H3;6-8,10H,4-5H2,1-3H3;1-2H3;2*1-2H3/t21-,24?,25?,29?,30?;;;;/m1..../s1. The number of carbonyl (C=O) groups is 3. The number of ether oxygens (including phenoxy) is 2. The highest BCUT2D eigenvalue weighted by Gasteiger charge is 2.50.